The molecule has 0 aromatic rings. The zero-order chi connectivity index (χ0) is 36.5. The van der Waals surface area contributed by atoms with Crippen LogP contribution in [0.15, 0.2) is 11.6 Å². The minimum absolute atomic E-state index is 0.0183. The number of ketones is 1. The summed E-state index contributed by atoms with van der Waals surface area (Å²) in [6.45, 7) is 22.4. The number of carbonyl (C=O) groups is 3. The van der Waals surface area contributed by atoms with Crippen LogP contribution in [0.25, 0.3) is 0 Å². The molecule has 0 radical (unpaired) electrons. The minimum Gasteiger partial charge on any atom is -0.481 e. The lowest BCUT2D eigenvalue weighted by Crippen LogP contribution is -2.71. The Labute approximate surface area is 295 Å². The van der Waals surface area contributed by atoms with Gasteiger partial charge in [-0.3, -0.25) is 14.4 Å². The molecule has 0 aromatic heterocycles. The van der Waals surface area contributed by atoms with E-state index in [1.54, 1.807) is 0 Å². The van der Waals surface area contributed by atoms with E-state index >= 15 is 0 Å². The van der Waals surface area contributed by atoms with Crippen LogP contribution >= 0.6 is 0 Å². The van der Waals surface area contributed by atoms with Crippen LogP contribution in [-0.4, -0.2) is 92.6 Å². The molecule has 1 heterocycles. The molecule has 1 unspecified atom stereocenters. The number of fused-ring (bicyclic) bond motifs is 3. The van der Waals surface area contributed by atoms with E-state index in [0.717, 1.165) is 31.3 Å². The number of allylic oxidation sites excluding steroid dienone is 1. The molecule has 278 valence electrons. The van der Waals surface area contributed by atoms with E-state index in [1.807, 2.05) is 40.9 Å². The fourth-order valence-electron chi connectivity index (χ4n) is 11.8. The van der Waals surface area contributed by atoms with Crippen molar-refractivity contribution in [2.75, 3.05) is 40.5 Å². The fraction of sp³-hybridized carbons (Fsp3) is 0.875. The molecule has 49 heavy (non-hydrogen) atoms. The lowest BCUT2D eigenvalue weighted by atomic mass is 9.34. The van der Waals surface area contributed by atoms with Crippen molar-refractivity contribution in [3.05, 3.63) is 11.6 Å². The first-order chi connectivity index (χ1) is 22.7. The molecule has 0 spiro atoms. The van der Waals surface area contributed by atoms with Gasteiger partial charge in [0.05, 0.1) is 44.5 Å². The lowest BCUT2D eigenvalue weighted by Gasteiger charge is -2.70. The summed E-state index contributed by atoms with van der Waals surface area (Å²) in [6.07, 6.45) is 4.91. The molecule has 2 bridgehead atoms. The fourth-order valence-corrected chi connectivity index (χ4v) is 11.8. The molecule has 5 aliphatic rings. The molecule has 9 heteroatoms. The number of ether oxygens (including phenoxy) is 4. The van der Waals surface area contributed by atoms with E-state index < -0.39 is 51.2 Å². The average Bonchev–Trinajstić information content (AvgIpc) is 2.98. The van der Waals surface area contributed by atoms with Crippen molar-refractivity contribution < 1.29 is 38.4 Å². The topological polar surface area (TPSA) is 112 Å². The molecule has 1 aliphatic heterocycles. The van der Waals surface area contributed by atoms with Gasteiger partial charge in [0.25, 0.3) is 0 Å². The van der Waals surface area contributed by atoms with Crippen molar-refractivity contribution in [2.24, 2.45) is 56.7 Å². The molecule has 12 atom stereocenters. The van der Waals surface area contributed by atoms with Crippen LogP contribution in [0, 0.1) is 56.7 Å². The first-order valence-electron chi connectivity index (χ1n) is 18.8. The van der Waals surface area contributed by atoms with Gasteiger partial charge in [0.2, 0.25) is 0 Å². The van der Waals surface area contributed by atoms with Crippen LogP contribution in [-0.2, 0) is 33.3 Å². The monoisotopic (exact) mass is 687 g/mol. The Kier molecular flexibility index (Phi) is 10.4. The number of hydrogen-bond donors (Lipinski definition) is 1. The number of esters is 1. The second-order valence-electron chi connectivity index (χ2n) is 18.3. The maximum atomic E-state index is 14.9. The van der Waals surface area contributed by atoms with Crippen molar-refractivity contribution in [1.82, 2.24) is 4.90 Å². The van der Waals surface area contributed by atoms with Gasteiger partial charge in [-0.2, -0.15) is 0 Å². The molecular weight excluding hydrogens is 622 g/mol. The molecule has 5 rings (SSSR count). The van der Waals surface area contributed by atoms with Gasteiger partial charge in [0.15, 0.2) is 5.78 Å². The summed E-state index contributed by atoms with van der Waals surface area (Å²) in [5.74, 6) is -1.47. The SMILES string of the molecule is CC(=O)O[C@@H]1C[C@@]23COC[C@](C)([C@@H]2CC[C@H]2C3=CC(=O)[C@@]3(C)[C@H](C(=O)O)[C@@](C)([C@H](C)C(C)C)CC[C@]23C)[C@H]1OCC(COC(C)C)N(C)C. The standard InChI is InChI=1S/C40H65NO8/c1-23(2)25(5)36(7)15-16-38(9)28-13-14-31-37(8)21-46-22-40(31,29(28)17-32(43)39(38,10)33(36)35(44)45)18-30(49-26(6)42)34(37)48-20-27(41(11)12)19-47-24(3)4/h17,23-25,27-28,30-31,33-34H,13-16,18-22H2,1-12H3,(H,44,45)/t25-,27?,28+,30-,31+,33-,34+,36-,37-,38-,39+,40+/m1/s1. The number of nitrogens with zero attached hydrogens (tertiary/aromatic N) is 1. The van der Waals surface area contributed by atoms with Crippen molar-refractivity contribution in [3.63, 3.8) is 0 Å². The minimum atomic E-state index is -1.06. The second kappa shape index (κ2) is 13.3. The van der Waals surface area contributed by atoms with Crippen molar-refractivity contribution >= 4 is 17.7 Å². The Morgan fingerprint density at radius 1 is 1.02 bits per heavy atom. The maximum absolute atomic E-state index is 14.9. The second-order valence-corrected chi connectivity index (χ2v) is 18.3. The molecule has 1 N–H and O–H groups in total. The van der Waals surface area contributed by atoms with Gasteiger partial charge in [-0.15, -0.1) is 0 Å². The van der Waals surface area contributed by atoms with E-state index in [-0.39, 0.29) is 41.7 Å². The predicted molar refractivity (Wildman–Crippen MR) is 188 cm³/mol. The average molecular weight is 688 g/mol. The zero-order valence-corrected chi connectivity index (χ0v) is 32.4. The number of likely N-dealkylation sites (N-methyl/N-ethyl adjacent to an activating group) is 1. The van der Waals surface area contributed by atoms with Crippen LogP contribution < -0.4 is 0 Å². The van der Waals surface area contributed by atoms with Crippen LogP contribution in [0.1, 0.15) is 101 Å². The van der Waals surface area contributed by atoms with Gasteiger partial charge in [0.1, 0.15) is 12.2 Å². The quantitative estimate of drug-likeness (QED) is 0.246. The number of carboxylic acids is 1. The maximum Gasteiger partial charge on any atom is 0.308 e. The van der Waals surface area contributed by atoms with Crippen LogP contribution in [0.3, 0.4) is 0 Å². The Morgan fingerprint density at radius 2 is 1.69 bits per heavy atom. The first kappa shape index (κ1) is 38.4. The Balaban J connectivity index is 1.57. The van der Waals surface area contributed by atoms with Crippen molar-refractivity contribution in [2.45, 2.75) is 126 Å². The highest BCUT2D eigenvalue weighted by atomic mass is 16.6. The first-order valence-corrected chi connectivity index (χ1v) is 18.8. The van der Waals surface area contributed by atoms with Gasteiger partial charge in [-0.05, 0) is 101 Å². The van der Waals surface area contributed by atoms with E-state index in [9.17, 15) is 19.5 Å². The van der Waals surface area contributed by atoms with Gasteiger partial charge in [0, 0.05) is 23.2 Å². The van der Waals surface area contributed by atoms with Gasteiger partial charge in [-0.25, -0.2) is 0 Å². The molecule has 1 saturated heterocycles. The molecule has 0 amide bonds. The number of aliphatic carboxylic acids is 1. The highest BCUT2D eigenvalue weighted by molar-refractivity contribution is 6.00. The Morgan fingerprint density at radius 3 is 2.27 bits per heavy atom. The Bertz CT molecular complexity index is 1330. The van der Waals surface area contributed by atoms with E-state index in [1.165, 1.54) is 6.92 Å². The number of carboxylic acid groups (broad SMARTS) is 1. The van der Waals surface area contributed by atoms with E-state index in [2.05, 4.69) is 46.4 Å². The third-order valence-electron chi connectivity index (χ3n) is 15.1. The summed E-state index contributed by atoms with van der Waals surface area (Å²) in [6, 6.07) is 0.0183. The Hall–Kier alpha value is -1.81. The summed E-state index contributed by atoms with van der Waals surface area (Å²) >= 11 is 0. The van der Waals surface area contributed by atoms with Gasteiger partial charge in [-0.1, -0.05) is 54.0 Å². The predicted octanol–water partition coefficient (Wildman–Crippen LogP) is 6.43. The van der Waals surface area contributed by atoms with Crippen molar-refractivity contribution in [1.29, 1.82) is 0 Å². The van der Waals surface area contributed by atoms with E-state index in [0.29, 0.717) is 38.8 Å². The summed E-state index contributed by atoms with van der Waals surface area (Å²) in [7, 11) is 4.04. The molecular formula is C40H65NO8. The summed E-state index contributed by atoms with van der Waals surface area (Å²) in [4.78, 5) is 43.1. The number of rotatable bonds is 11. The summed E-state index contributed by atoms with van der Waals surface area (Å²) in [5.41, 5.74) is -2.00. The third kappa shape index (κ3) is 5.85. The summed E-state index contributed by atoms with van der Waals surface area (Å²) < 4.78 is 25.5. The van der Waals surface area contributed by atoms with Crippen LogP contribution in [0.4, 0.5) is 0 Å². The largest absolute Gasteiger partial charge is 0.481 e. The molecule has 4 aliphatic carbocycles. The summed E-state index contributed by atoms with van der Waals surface area (Å²) in [5, 5.41) is 11.0. The van der Waals surface area contributed by atoms with E-state index in [4.69, 9.17) is 18.9 Å². The lowest BCUT2D eigenvalue weighted by molar-refractivity contribution is -0.267. The van der Waals surface area contributed by atoms with Crippen LogP contribution in [0.5, 0.6) is 0 Å². The molecule has 4 fully saturated rings. The molecule has 9 nitrogen and oxygen atoms in total. The third-order valence-corrected chi connectivity index (χ3v) is 15.1. The zero-order valence-electron chi connectivity index (χ0n) is 32.4. The molecule has 3 saturated carbocycles. The van der Waals surface area contributed by atoms with Gasteiger partial charge < -0.3 is 29.0 Å². The highest BCUT2D eigenvalue weighted by Gasteiger charge is 2.74. The number of hydrogen-bond acceptors (Lipinski definition) is 8. The van der Waals surface area contributed by atoms with Crippen LogP contribution in [0.2, 0.25) is 0 Å². The number of carbonyl (C=O) groups excluding carboxylic acids is 2. The molecule has 0 aromatic carbocycles. The van der Waals surface area contributed by atoms with Gasteiger partial charge >= 0.3 is 11.9 Å². The normalized spacial score (nSPS) is 43.0. The van der Waals surface area contributed by atoms with Crippen molar-refractivity contribution in [3.8, 4) is 0 Å². The smallest absolute Gasteiger partial charge is 0.308 e. The highest BCUT2D eigenvalue weighted by Crippen LogP contribution is 2.74.